The minimum absolute atomic E-state index is 0.0463. The van der Waals surface area contributed by atoms with Gasteiger partial charge in [0.2, 0.25) is 0 Å². The van der Waals surface area contributed by atoms with Gasteiger partial charge in [0.1, 0.15) is 23.8 Å². The molecule has 0 bridgehead atoms. The van der Waals surface area contributed by atoms with E-state index in [0.29, 0.717) is 30.9 Å². The molecule has 0 aliphatic carbocycles. The number of unbranched alkanes of at least 4 members (excludes halogenated alkanes) is 1. The number of rotatable bonds is 15. The van der Waals surface area contributed by atoms with Crippen LogP contribution in [0.2, 0.25) is 0 Å². The van der Waals surface area contributed by atoms with Crippen LogP contribution in [0.15, 0.2) is 18.2 Å². The van der Waals surface area contributed by atoms with Crippen LogP contribution in [0.25, 0.3) is 0 Å². The molecule has 5 N–H and O–H groups in total. The van der Waals surface area contributed by atoms with Gasteiger partial charge in [0.15, 0.2) is 9.84 Å². The highest BCUT2D eigenvalue weighted by Crippen LogP contribution is 2.13. The van der Waals surface area contributed by atoms with Crippen molar-refractivity contribution in [2.45, 2.75) is 64.6 Å². The number of nitrogens with two attached hydrogens (primary N) is 2. The highest BCUT2D eigenvalue weighted by molar-refractivity contribution is 7.91. The number of halogens is 2. The van der Waals surface area contributed by atoms with E-state index in [1.54, 1.807) is 0 Å². The van der Waals surface area contributed by atoms with Crippen LogP contribution in [0.3, 0.4) is 0 Å². The molecule has 0 radical (unpaired) electrons. The largest absolute Gasteiger partial charge is 0.458 e. The first-order valence-electron chi connectivity index (χ1n) is 11.0. The van der Waals surface area contributed by atoms with Gasteiger partial charge in [0.25, 0.3) is 0 Å². The summed E-state index contributed by atoms with van der Waals surface area (Å²) < 4.78 is 56.7. The summed E-state index contributed by atoms with van der Waals surface area (Å²) in [7, 11) is -3.49. The van der Waals surface area contributed by atoms with E-state index in [0.717, 1.165) is 12.5 Å². The first kappa shape index (κ1) is 28.4. The van der Waals surface area contributed by atoms with Crippen molar-refractivity contribution in [3.05, 3.63) is 35.4 Å². The molecule has 0 saturated carbocycles. The fraction of sp³-hybridized carbons (Fsp3) is 0.682. The number of hydrogen-bond donors (Lipinski definition) is 3. The van der Waals surface area contributed by atoms with Crippen LogP contribution in [0.4, 0.5) is 8.78 Å². The van der Waals surface area contributed by atoms with Crippen LogP contribution in [0.5, 0.6) is 0 Å². The maximum absolute atomic E-state index is 13.5. The average Bonchev–Trinajstić information content (AvgIpc) is 2.67. The van der Waals surface area contributed by atoms with Crippen LogP contribution in [0, 0.1) is 17.6 Å². The van der Waals surface area contributed by atoms with Crippen molar-refractivity contribution >= 4 is 15.8 Å². The molecule has 0 aromatic heterocycles. The summed E-state index contributed by atoms with van der Waals surface area (Å²) in [6.07, 6.45) is 1.29. The second-order valence-electron chi connectivity index (χ2n) is 8.58. The lowest BCUT2D eigenvalue weighted by Gasteiger charge is -2.26. The summed E-state index contributed by atoms with van der Waals surface area (Å²) in [6.45, 7) is 6.87. The summed E-state index contributed by atoms with van der Waals surface area (Å²) in [6, 6.07) is 0.974. The van der Waals surface area contributed by atoms with E-state index < -0.39 is 51.4 Å². The van der Waals surface area contributed by atoms with Crippen LogP contribution >= 0.6 is 0 Å². The van der Waals surface area contributed by atoms with Gasteiger partial charge in [-0.15, -0.1) is 0 Å². The highest BCUT2D eigenvalue weighted by Gasteiger charge is 2.28. The molecule has 0 saturated heterocycles. The van der Waals surface area contributed by atoms with Crippen molar-refractivity contribution in [3.63, 3.8) is 0 Å². The molecule has 1 rings (SSSR count). The molecule has 184 valence electrons. The van der Waals surface area contributed by atoms with Gasteiger partial charge in [-0.05, 0) is 49.4 Å². The lowest BCUT2D eigenvalue weighted by Crippen LogP contribution is -2.49. The van der Waals surface area contributed by atoms with E-state index >= 15 is 0 Å². The lowest BCUT2D eigenvalue weighted by atomic mass is 10.0. The normalized spacial score (nSPS) is 14.9. The number of carbonyl (C=O) groups is 1. The Labute approximate surface area is 190 Å². The van der Waals surface area contributed by atoms with E-state index in [9.17, 15) is 22.0 Å². The molecule has 7 nitrogen and oxygen atoms in total. The van der Waals surface area contributed by atoms with E-state index in [1.165, 1.54) is 12.1 Å². The minimum Gasteiger partial charge on any atom is -0.458 e. The highest BCUT2D eigenvalue weighted by atomic mass is 32.2. The Morgan fingerprint density at radius 3 is 2.34 bits per heavy atom. The van der Waals surface area contributed by atoms with Gasteiger partial charge in [-0.2, -0.15) is 0 Å². The number of ether oxygens (including phenoxy) is 1. The third-order valence-corrected chi connectivity index (χ3v) is 6.71. The van der Waals surface area contributed by atoms with Gasteiger partial charge in [-0.3, -0.25) is 4.79 Å². The second kappa shape index (κ2) is 13.8. The molecule has 0 fully saturated rings. The third-order valence-electron chi connectivity index (χ3n) is 4.93. The Kier molecular flexibility index (Phi) is 12.3. The summed E-state index contributed by atoms with van der Waals surface area (Å²) in [5.74, 6) is -2.42. The van der Waals surface area contributed by atoms with Crippen molar-refractivity contribution in [1.82, 2.24) is 5.32 Å². The lowest BCUT2D eigenvalue weighted by molar-refractivity contribution is -0.151. The molecule has 0 unspecified atom stereocenters. The quantitative estimate of drug-likeness (QED) is 0.260. The third kappa shape index (κ3) is 11.3. The molecule has 0 amide bonds. The monoisotopic (exact) mass is 477 g/mol. The summed E-state index contributed by atoms with van der Waals surface area (Å²) in [4.78, 5) is 12.5. The fourth-order valence-corrected chi connectivity index (χ4v) is 4.65. The summed E-state index contributed by atoms with van der Waals surface area (Å²) in [5.41, 5.74) is 12.3. The molecule has 10 heteroatoms. The summed E-state index contributed by atoms with van der Waals surface area (Å²) >= 11 is 0. The molecule has 1 aromatic carbocycles. The van der Waals surface area contributed by atoms with E-state index in [1.807, 2.05) is 6.92 Å². The Morgan fingerprint density at radius 1 is 1.16 bits per heavy atom. The Bertz CT molecular complexity index is 801. The first-order chi connectivity index (χ1) is 14.9. The minimum atomic E-state index is -3.49. The Hall–Kier alpha value is -1.62. The van der Waals surface area contributed by atoms with Crippen LogP contribution < -0.4 is 16.8 Å². The van der Waals surface area contributed by atoms with Gasteiger partial charge in [0, 0.05) is 18.7 Å². The number of sulfone groups is 1. The zero-order valence-electron chi connectivity index (χ0n) is 19.2. The molecular formula is C22H37F2N3O4S. The van der Waals surface area contributed by atoms with E-state index in [-0.39, 0.29) is 18.7 Å². The van der Waals surface area contributed by atoms with Gasteiger partial charge in [0.05, 0.1) is 11.5 Å². The predicted octanol–water partition coefficient (Wildman–Crippen LogP) is 1.92. The van der Waals surface area contributed by atoms with Crippen LogP contribution in [0.1, 0.15) is 45.6 Å². The van der Waals surface area contributed by atoms with Crippen LogP contribution in [-0.2, 0) is 25.8 Å². The molecular weight excluding hydrogens is 440 g/mol. The SMILES string of the molecule is CCCCS(=O)(=O)C[C@@H](N)C(=O)O[C@H](CNCCC(C)C)[C@@H](N)Cc1cc(F)cc(F)c1. The van der Waals surface area contributed by atoms with Gasteiger partial charge in [-0.1, -0.05) is 27.2 Å². The molecule has 1 aromatic rings. The van der Waals surface area contributed by atoms with E-state index in [2.05, 4.69) is 19.2 Å². The number of benzene rings is 1. The molecule has 0 aliphatic rings. The summed E-state index contributed by atoms with van der Waals surface area (Å²) in [5, 5.41) is 3.16. The maximum atomic E-state index is 13.5. The number of carbonyl (C=O) groups excluding carboxylic acids is 1. The average molecular weight is 478 g/mol. The van der Waals surface area contributed by atoms with Gasteiger partial charge >= 0.3 is 5.97 Å². The fourth-order valence-electron chi connectivity index (χ4n) is 3.07. The van der Waals surface area contributed by atoms with Gasteiger partial charge < -0.3 is 21.5 Å². The topological polar surface area (TPSA) is 125 Å². The second-order valence-corrected chi connectivity index (χ2v) is 10.8. The van der Waals surface area contributed by atoms with Gasteiger partial charge in [-0.25, -0.2) is 17.2 Å². The number of esters is 1. The number of hydrogen-bond acceptors (Lipinski definition) is 7. The van der Waals surface area contributed by atoms with Crippen LogP contribution in [-0.4, -0.2) is 57.2 Å². The van der Waals surface area contributed by atoms with E-state index in [4.69, 9.17) is 16.2 Å². The first-order valence-corrected chi connectivity index (χ1v) is 12.8. The number of nitrogens with one attached hydrogen (secondary N) is 1. The molecule has 0 spiro atoms. The standard InChI is InChI=1S/C22H37F2N3O4S/c1-4-5-8-32(29,30)14-20(26)22(28)31-21(13-27-7-6-15(2)3)19(25)11-16-9-17(23)12-18(24)10-16/h9-10,12,15,19-21,27H,4-8,11,13-14,25-26H2,1-3H3/t19-,20+,21+/m0/s1. The smallest absolute Gasteiger partial charge is 0.324 e. The van der Waals surface area contributed by atoms with Crippen molar-refractivity contribution in [2.24, 2.45) is 17.4 Å². The molecule has 0 aliphatic heterocycles. The zero-order chi connectivity index (χ0) is 24.3. The predicted molar refractivity (Wildman–Crippen MR) is 122 cm³/mol. The van der Waals surface area contributed by atoms with Crippen molar-refractivity contribution in [2.75, 3.05) is 24.6 Å². The molecule has 3 atom stereocenters. The maximum Gasteiger partial charge on any atom is 0.324 e. The molecule has 32 heavy (non-hydrogen) atoms. The Morgan fingerprint density at radius 2 is 1.78 bits per heavy atom. The Balaban J connectivity index is 2.83. The molecule has 0 heterocycles. The van der Waals surface area contributed by atoms with Crippen molar-refractivity contribution in [3.8, 4) is 0 Å². The van der Waals surface area contributed by atoms with Crippen molar-refractivity contribution < 1.29 is 26.7 Å². The zero-order valence-corrected chi connectivity index (χ0v) is 20.0. The van der Waals surface area contributed by atoms with Crippen molar-refractivity contribution in [1.29, 1.82) is 0 Å².